The Morgan fingerprint density at radius 1 is 1.42 bits per heavy atom. The third kappa shape index (κ3) is 2.76. The predicted molar refractivity (Wildman–Crippen MR) is 74.2 cm³/mol. The molecule has 0 bridgehead atoms. The molecule has 0 aromatic carbocycles. The van der Waals surface area contributed by atoms with Gasteiger partial charge in [0, 0.05) is 0 Å². The molecule has 2 N–H and O–H groups in total. The van der Waals surface area contributed by atoms with E-state index in [1.54, 1.807) is 0 Å². The van der Waals surface area contributed by atoms with E-state index in [2.05, 4.69) is 38.6 Å². The number of carbonyl (C=O) groups excluding carboxylic acids is 2. The average Bonchev–Trinajstić information content (AvgIpc) is 2.30. The van der Waals surface area contributed by atoms with Crippen LogP contribution in [-0.4, -0.2) is 50.7 Å². The second kappa shape index (κ2) is 5.13. The maximum Gasteiger partial charge on any atom is 0.508 e. The number of nitrogens with two attached hydrogens (primary N) is 1. The van der Waals surface area contributed by atoms with Crippen molar-refractivity contribution in [3.8, 4) is 0 Å². The number of hydrogen-bond acceptors (Lipinski definition) is 5. The number of amides is 1. The van der Waals surface area contributed by atoms with Gasteiger partial charge in [-0.2, -0.15) is 0 Å². The molecule has 0 unspecified atom stereocenters. The van der Waals surface area contributed by atoms with E-state index in [-0.39, 0.29) is 23.6 Å². The first-order valence-corrected chi connectivity index (χ1v) is 9.28. The van der Waals surface area contributed by atoms with Crippen LogP contribution in [-0.2, 0) is 14.3 Å². The molecule has 2 atom stereocenters. The van der Waals surface area contributed by atoms with E-state index in [0.717, 1.165) is 0 Å². The van der Waals surface area contributed by atoms with Gasteiger partial charge in [-0.05, 0) is 5.04 Å². The van der Waals surface area contributed by atoms with Crippen LogP contribution >= 0.6 is 0 Å². The molecule has 0 aliphatic carbocycles. The largest absolute Gasteiger partial charge is 0.508 e. The van der Waals surface area contributed by atoms with Crippen LogP contribution in [0.4, 0.5) is 4.79 Å². The fourth-order valence-electron chi connectivity index (χ4n) is 2.01. The van der Waals surface area contributed by atoms with Gasteiger partial charge < -0.3 is 19.8 Å². The van der Waals surface area contributed by atoms with Gasteiger partial charge in [0.15, 0.2) is 8.24 Å². The summed E-state index contributed by atoms with van der Waals surface area (Å²) in [6.45, 7) is 10.7. The van der Waals surface area contributed by atoms with E-state index in [0.29, 0.717) is 0 Å². The number of rotatable bonds is 3. The highest BCUT2D eigenvalue weighted by Gasteiger charge is 2.56. The molecule has 0 aromatic heterocycles. The van der Waals surface area contributed by atoms with Crippen molar-refractivity contribution in [3.63, 3.8) is 0 Å². The lowest BCUT2D eigenvalue weighted by Gasteiger charge is -2.57. The molecule has 1 saturated heterocycles. The maximum atomic E-state index is 12.0. The lowest BCUT2D eigenvalue weighted by atomic mass is 10.0. The van der Waals surface area contributed by atoms with Crippen LogP contribution in [0.15, 0.2) is 0 Å². The highest BCUT2D eigenvalue weighted by molar-refractivity contribution is 6.80. The Labute approximate surface area is 115 Å². The van der Waals surface area contributed by atoms with Crippen LogP contribution in [0.25, 0.3) is 0 Å². The number of methoxy groups -OCH3 is 1. The Morgan fingerprint density at radius 2 is 1.95 bits per heavy atom. The van der Waals surface area contributed by atoms with Gasteiger partial charge in [0.2, 0.25) is 5.91 Å². The van der Waals surface area contributed by atoms with Gasteiger partial charge in [-0.25, -0.2) is 4.79 Å². The molecule has 0 spiro atoms. The third-order valence-electron chi connectivity index (χ3n) is 4.25. The number of ether oxygens (including phenoxy) is 2. The molecule has 0 aromatic rings. The van der Waals surface area contributed by atoms with Gasteiger partial charge in [0.05, 0.1) is 13.2 Å². The summed E-state index contributed by atoms with van der Waals surface area (Å²) in [6.07, 6.45) is -0.748. The molecule has 7 heteroatoms. The Morgan fingerprint density at radius 3 is 2.37 bits per heavy atom. The fourth-order valence-corrected chi connectivity index (χ4v) is 4.50. The van der Waals surface area contributed by atoms with Gasteiger partial charge in [0.1, 0.15) is 12.6 Å². The molecule has 0 saturated carbocycles. The van der Waals surface area contributed by atoms with Crippen molar-refractivity contribution < 1.29 is 19.1 Å². The zero-order valence-corrected chi connectivity index (χ0v) is 13.5. The Kier molecular flexibility index (Phi) is 4.31. The smallest absolute Gasteiger partial charge is 0.438 e. The molecule has 110 valence electrons. The summed E-state index contributed by atoms with van der Waals surface area (Å²) in [5, 5.41) is 0.0202. The highest BCUT2D eigenvalue weighted by Crippen LogP contribution is 2.42. The van der Waals surface area contributed by atoms with E-state index < -0.39 is 20.4 Å². The minimum absolute atomic E-state index is 0.0202. The lowest BCUT2D eigenvalue weighted by molar-refractivity contribution is -0.144. The minimum Gasteiger partial charge on any atom is -0.438 e. The van der Waals surface area contributed by atoms with Gasteiger partial charge in [0.25, 0.3) is 0 Å². The molecule has 1 aliphatic rings. The zero-order chi connectivity index (χ0) is 15.0. The molecule has 1 amide bonds. The van der Waals surface area contributed by atoms with Crippen molar-refractivity contribution in [1.82, 2.24) is 4.57 Å². The van der Waals surface area contributed by atoms with Crippen LogP contribution in [0, 0.1) is 0 Å². The molecule has 1 fully saturated rings. The summed E-state index contributed by atoms with van der Waals surface area (Å²) < 4.78 is 11.2. The standard InChI is InChI=1S/C12H24N2O4Si/c1-12(2,3)19(5,6)14-8(9(13)10(14)15)7-18-11(16)17-4/h8-9H,7,13H2,1-6H3/t8-,9+/m0/s1. The van der Waals surface area contributed by atoms with Crippen molar-refractivity contribution in [2.75, 3.05) is 13.7 Å². The molecule has 6 nitrogen and oxygen atoms in total. The summed E-state index contributed by atoms with van der Waals surface area (Å²) in [5.41, 5.74) is 5.82. The van der Waals surface area contributed by atoms with Crippen LogP contribution in [0.3, 0.4) is 0 Å². The van der Waals surface area contributed by atoms with Crippen LogP contribution in [0.2, 0.25) is 18.1 Å². The first-order valence-electron chi connectivity index (χ1n) is 6.33. The van der Waals surface area contributed by atoms with Crippen molar-refractivity contribution >= 4 is 20.3 Å². The Hall–Kier alpha value is -1.08. The minimum atomic E-state index is -2.00. The van der Waals surface area contributed by atoms with Crippen LogP contribution in [0.5, 0.6) is 0 Å². The van der Waals surface area contributed by atoms with Gasteiger partial charge in [-0.3, -0.25) is 4.79 Å². The zero-order valence-electron chi connectivity index (χ0n) is 12.5. The van der Waals surface area contributed by atoms with Crippen molar-refractivity contribution in [1.29, 1.82) is 0 Å². The van der Waals surface area contributed by atoms with E-state index in [9.17, 15) is 9.59 Å². The summed E-state index contributed by atoms with van der Waals surface area (Å²) in [4.78, 5) is 23.1. The van der Waals surface area contributed by atoms with Crippen molar-refractivity contribution in [3.05, 3.63) is 0 Å². The molecule has 1 rings (SSSR count). The Balaban J connectivity index is 2.82. The first kappa shape index (κ1) is 16.0. The molecule has 1 heterocycles. The van der Waals surface area contributed by atoms with Gasteiger partial charge in [-0.1, -0.05) is 33.9 Å². The lowest BCUT2D eigenvalue weighted by Crippen LogP contribution is -2.78. The monoisotopic (exact) mass is 288 g/mol. The SMILES string of the molecule is COC(=O)OC[C@H]1[C@@H](N)C(=O)N1[Si](C)(C)C(C)(C)C. The molecule has 0 radical (unpaired) electrons. The number of nitrogens with zero attached hydrogens (tertiary/aromatic N) is 1. The summed E-state index contributed by atoms with van der Waals surface area (Å²) in [6, 6.07) is -0.828. The molecular weight excluding hydrogens is 264 g/mol. The topological polar surface area (TPSA) is 81.9 Å². The maximum absolute atomic E-state index is 12.0. The van der Waals surface area contributed by atoms with Gasteiger partial charge in [-0.15, -0.1) is 0 Å². The van der Waals surface area contributed by atoms with Crippen molar-refractivity contribution in [2.24, 2.45) is 5.73 Å². The predicted octanol–water partition coefficient (Wildman–Crippen LogP) is 1.31. The fraction of sp³-hybridized carbons (Fsp3) is 0.833. The second-order valence-electron chi connectivity index (χ2n) is 6.38. The summed E-state index contributed by atoms with van der Waals surface area (Å²) in [5.74, 6) is -0.0509. The summed E-state index contributed by atoms with van der Waals surface area (Å²) >= 11 is 0. The number of carbonyl (C=O) groups is 2. The average molecular weight is 288 g/mol. The third-order valence-corrected chi connectivity index (χ3v) is 9.67. The second-order valence-corrected chi connectivity index (χ2v) is 11.5. The Bertz CT molecular complexity index is 378. The summed E-state index contributed by atoms with van der Waals surface area (Å²) in [7, 11) is -0.750. The number of β-lactam (4-membered cyclic amide) rings is 1. The molecule has 1 aliphatic heterocycles. The van der Waals surface area contributed by atoms with E-state index in [1.807, 2.05) is 4.57 Å². The number of hydrogen-bond donors (Lipinski definition) is 1. The van der Waals surface area contributed by atoms with E-state index >= 15 is 0 Å². The molecule has 19 heavy (non-hydrogen) atoms. The first-order chi connectivity index (χ1) is 8.54. The van der Waals surface area contributed by atoms with Crippen LogP contribution in [0.1, 0.15) is 20.8 Å². The van der Waals surface area contributed by atoms with Crippen LogP contribution < -0.4 is 5.73 Å². The molecular formula is C12H24N2O4Si. The highest BCUT2D eigenvalue weighted by atomic mass is 28.3. The quantitative estimate of drug-likeness (QED) is 0.481. The van der Waals surface area contributed by atoms with E-state index in [4.69, 9.17) is 10.5 Å². The van der Waals surface area contributed by atoms with E-state index in [1.165, 1.54) is 7.11 Å². The van der Waals surface area contributed by atoms with Gasteiger partial charge >= 0.3 is 6.16 Å². The normalized spacial score (nSPS) is 23.9. The van der Waals surface area contributed by atoms with Crippen molar-refractivity contribution in [2.45, 2.75) is 51.0 Å².